The monoisotopic (exact) mass is 301 g/mol. The Morgan fingerprint density at radius 1 is 1.29 bits per heavy atom. The zero-order valence-electron chi connectivity index (χ0n) is 12.1. The number of thioether (sulfide) groups is 1. The Morgan fingerprint density at radius 3 is 2.76 bits per heavy atom. The molecule has 0 saturated carbocycles. The van der Waals surface area contributed by atoms with Gasteiger partial charge in [0.05, 0.1) is 6.54 Å². The molecule has 5 heteroatoms. The van der Waals surface area contributed by atoms with E-state index in [1.165, 1.54) is 16.7 Å². The lowest BCUT2D eigenvalue weighted by Gasteiger charge is -2.23. The summed E-state index contributed by atoms with van der Waals surface area (Å²) in [4.78, 5) is 26.2. The van der Waals surface area contributed by atoms with E-state index in [-0.39, 0.29) is 17.2 Å². The number of amides is 3. The second-order valence-corrected chi connectivity index (χ2v) is 6.14. The molecule has 0 N–H and O–H groups in total. The van der Waals surface area contributed by atoms with Crippen molar-refractivity contribution >= 4 is 29.4 Å². The summed E-state index contributed by atoms with van der Waals surface area (Å²) < 4.78 is 1.73. The molecule has 4 nitrogen and oxygen atoms in total. The van der Waals surface area contributed by atoms with Gasteiger partial charge in [-0.25, -0.2) is 4.79 Å². The van der Waals surface area contributed by atoms with Crippen molar-refractivity contribution in [1.82, 2.24) is 4.90 Å². The van der Waals surface area contributed by atoms with E-state index in [9.17, 15) is 9.59 Å². The Balaban J connectivity index is 2.04. The maximum atomic E-state index is 12.6. The van der Waals surface area contributed by atoms with E-state index in [0.717, 1.165) is 16.8 Å². The topological polar surface area (TPSA) is 40.4 Å². The van der Waals surface area contributed by atoms with Crippen molar-refractivity contribution in [3.05, 3.63) is 46.9 Å². The van der Waals surface area contributed by atoms with Crippen molar-refractivity contribution in [2.24, 2.45) is 0 Å². The highest BCUT2D eigenvalue weighted by atomic mass is 32.2. The molecule has 0 saturated heterocycles. The number of hydrogen-bond acceptors (Lipinski definition) is 3. The van der Waals surface area contributed by atoms with Gasteiger partial charge in [0.25, 0.3) is 0 Å². The number of urea groups is 1. The Kier molecular flexibility index (Phi) is 3.68. The van der Waals surface area contributed by atoms with Gasteiger partial charge in [-0.1, -0.05) is 24.3 Å². The Morgan fingerprint density at radius 2 is 2.05 bits per heavy atom. The van der Waals surface area contributed by atoms with Crippen molar-refractivity contribution < 1.29 is 14.2 Å². The Hall–Kier alpha value is -1.88. The summed E-state index contributed by atoms with van der Waals surface area (Å²) in [5, 5.41) is 1.63. The standard InChI is InChI=1S/C16H17N2O2S/c1-3-17-15(19)14-13(8-9-21-14)18(16(17)20)10-12-7-5-4-6-11(12)2/h4-9,14H,3,10H2,1-2H3/q+1. The minimum atomic E-state index is -0.272. The van der Waals surface area contributed by atoms with Gasteiger partial charge in [-0.15, -0.1) is 11.8 Å². The molecule has 0 spiro atoms. The van der Waals surface area contributed by atoms with Crippen molar-refractivity contribution in [3.8, 4) is 0 Å². The molecule has 3 rings (SSSR count). The van der Waals surface area contributed by atoms with E-state index in [0.29, 0.717) is 13.1 Å². The first-order chi connectivity index (χ1) is 10.1. The number of carbonyl (C=O) groups excluding carboxylic acids is 2. The molecule has 1 unspecified atom stereocenters. The summed E-state index contributed by atoms with van der Waals surface area (Å²) in [5.74, 6) is -0.103. The zero-order chi connectivity index (χ0) is 15.0. The molecule has 108 valence electrons. The van der Waals surface area contributed by atoms with Crippen molar-refractivity contribution in [1.29, 1.82) is 0 Å². The number of nitrogens with zero attached hydrogens (tertiary/aromatic N) is 2. The van der Waals surface area contributed by atoms with Gasteiger partial charge in [0.15, 0.2) is 5.25 Å². The summed E-state index contributed by atoms with van der Waals surface area (Å²) in [6.45, 7) is 4.78. The van der Waals surface area contributed by atoms with Gasteiger partial charge < -0.3 is 0 Å². The summed E-state index contributed by atoms with van der Waals surface area (Å²) >= 11 is 1.47. The maximum absolute atomic E-state index is 12.6. The lowest BCUT2D eigenvalue weighted by molar-refractivity contribution is -0.454. The summed E-state index contributed by atoms with van der Waals surface area (Å²) in [6.07, 6.45) is 1.89. The number of rotatable bonds is 3. The second kappa shape index (κ2) is 5.48. The Bertz CT molecular complexity index is 679. The minimum absolute atomic E-state index is 0.103. The molecule has 0 bridgehead atoms. The van der Waals surface area contributed by atoms with Crippen LogP contribution in [0.25, 0.3) is 0 Å². The number of aryl methyl sites for hydroxylation is 1. The van der Waals surface area contributed by atoms with Crippen LogP contribution in [-0.4, -0.2) is 38.9 Å². The smallest absolute Gasteiger partial charge is 0.245 e. The van der Waals surface area contributed by atoms with E-state index in [1.807, 2.05) is 49.6 Å². The molecule has 21 heavy (non-hydrogen) atoms. The van der Waals surface area contributed by atoms with Crippen molar-refractivity contribution in [2.75, 3.05) is 6.54 Å². The fourth-order valence-corrected chi connectivity index (χ4v) is 3.62. The highest BCUT2D eigenvalue weighted by Gasteiger charge is 2.48. The van der Waals surface area contributed by atoms with Crippen LogP contribution >= 0.6 is 11.8 Å². The lowest BCUT2D eigenvalue weighted by Crippen LogP contribution is -2.54. The quantitative estimate of drug-likeness (QED) is 0.806. The molecule has 1 aromatic rings. The van der Waals surface area contributed by atoms with E-state index in [4.69, 9.17) is 0 Å². The lowest BCUT2D eigenvalue weighted by atomic mass is 10.1. The van der Waals surface area contributed by atoms with Gasteiger partial charge in [0.1, 0.15) is 12.3 Å². The van der Waals surface area contributed by atoms with E-state index in [1.54, 1.807) is 4.58 Å². The van der Waals surface area contributed by atoms with Gasteiger partial charge in [-0.2, -0.15) is 14.3 Å². The molecule has 0 aliphatic carbocycles. The van der Waals surface area contributed by atoms with Crippen LogP contribution in [0.2, 0.25) is 0 Å². The molecule has 0 radical (unpaired) electrons. The second-order valence-electron chi connectivity index (χ2n) is 5.12. The fourth-order valence-electron chi connectivity index (χ4n) is 2.66. The molecule has 2 heterocycles. The predicted molar refractivity (Wildman–Crippen MR) is 83.5 cm³/mol. The minimum Gasteiger partial charge on any atom is -0.245 e. The average molecular weight is 301 g/mol. The SMILES string of the molecule is CCN1C(=O)C2SC=CC2=[N+](Cc2ccccc2C)C1=O. The fraction of sp³-hybridized carbons (Fsp3) is 0.312. The van der Waals surface area contributed by atoms with Crippen LogP contribution in [0, 0.1) is 6.92 Å². The highest BCUT2D eigenvalue weighted by Crippen LogP contribution is 2.28. The average Bonchev–Trinajstić information content (AvgIpc) is 2.95. The van der Waals surface area contributed by atoms with E-state index in [2.05, 4.69) is 0 Å². The molecule has 0 fully saturated rings. The van der Waals surface area contributed by atoms with Crippen LogP contribution in [0.5, 0.6) is 0 Å². The highest BCUT2D eigenvalue weighted by molar-refractivity contribution is 8.04. The molecule has 1 aromatic carbocycles. The Labute approximate surface area is 128 Å². The van der Waals surface area contributed by atoms with Crippen molar-refractivity contribution in [2.45, 2.75) is 25.6 Å². The molecule has 0 aromatic heterocycles. The first-order valence-electron chi connectivity index (χ1n) is 6.99. The van der Waals surface area contributed by atoms with Gasteiger partial charge in [-0.3, -0.25) is 0 Å². The molecule has 1 atom stereocenters. The molecule has 2 aliphatic heterocycles. The number of allylic oxidation sites excluding steroid dienone is 1. The van der Waals surface area contributed by atoms with Crippen LogP contribution < -0.4 is 0 Å². The largest absolute Gasteiger partial charge is 0.501 e. The van der Waals surface area contributed by atoms with Crippen LogP contribution in [0.3, 0.4) is 0 Å². The van der Waals surface area contributed by atoms with E-state index < -0.39 is 0 Å². The third kappa shape index (κ3) is 2.31. The maximum Gasteiger partial charge on any atom is 0.501 e. The molecule has 2 aliphatic rings. The third-order valence-electron chi connectivity index (χ3n) is 3.89. The number of imide groups is 1. The molecular weight excluding hydrogens is 284 g/mol. The summed E-state index contributed by atoms with van der Waals surface area (Å²) in [7, 11) is 0. The third-order valence-corrected chi connectivity index (χ3v) is 4.90. The van der Waals surface area contributed by atoms with Crippen LogP contribution in [-0.2, 0) is 11.3 Å². The number of benzene rings is 1. The number of fused-ring (bicyclic) bond motifs is 1. The van der Waals surface area contributed by atoms with Gasteiger partial charge in [0, 0.05) is 0 Å². The van der Waals surface area contributed by atoms with Crippen LogP contribution in [0.4, 0.5) is 4.79 Å². The van der Waals surface area contributed by atoms with Gasteiger partial charge in [0.2, 0.25) is 0 Å². The molecular formula is C16H17N2O2S+. The summed E-state index contributed by atoms with van der Waals surface area (Å²) in [6, 6.07) is 7.80. The normalized spacial score (nSPS) is 21.2. The van der Waals surface area contributed by atoms with E-state index >= 15 is 0 Å². The predicted octanol–water partition coefficient (Wildman–Crippen LogP) is 2.56. The van der Waals surface area contributed by atoms with Crippen LogP contribution in [0.1, 0.15) is 18.1 Å². The number of hydrogen-bond donors (Lipinski definition) is 0. The molecule has 3 amide bonds. The van der Waals surface area contributed by atoms with Gasteiger partial charge in [-0.05, 0) is 36.5 Å². The zero-order valence-corrected chi connectivity index (χ0v) is 12.9. The first-order valence-corrected chi connectivity index (χ1v) is 7.94. The number of carbonyl (C=O) groups is 2. The van der Waals surface area contributed by atoms with Crippen LogP contribution in [0.15, 0.2) is 35.7 Å². The first kappa shape index (κ1) is 14.1. The van der Waals surface area contributed by atoms with Crippen molar-refractivity contribution in [3.63, 3.8) is 0 Å². The summed E-state index contributed by atoms with van der Waals surface area (Å²) in [5.41, 5.74) is 3.06. The van der Waals surface area contributed by atoms with Gasteiger partial charge >= 0.3 is 11.9 Å².